The molecule has 0 saturated carbocycles. The molecular formula is C9H10FN. The molecule has 0 radical (unpaired) electrons. The van der Waals surface area contributed by atoms with Crippen LogP contribution in [0, 0.1) is 5.82 Å². The topological polar surface area (TPSA) is 12.9 Å². The van der Waals surface area contributed by atoms with Gasteiger partial charge in [-0.3, -0.25) is 4.98 Å². The van der Waals surface area contributed by atoms with Crippen molar-refractivity contribution in [1.82, 2.24) is 4.98 Å². The summed E-state index contributed by atoms with van der Waals surface area (Å²) in [5, 5.41) is 0. The zero-order valence-electron chi connectivity index (χ0n) is 6.42. The van der Waals surface area contributed by atoms with Gasteiger partial charge in [-0.2, -0.15) is 0 Å². The van der Waals surface area contributed by atoms with Gasteiger partial charge in [-0.05, 0) is 11.6 Å². The molecule has 1 aromatic rings. The van der Waals surface area contributed by atoms with E-state index in [0.29, 0.717) is 5.56 Å². The molecule has 1 atom stereocenters. The SMILES string of the molecule is C=C[C@@H](C)c1ccncc1F. The van der Waals surface area contributed by atoms with E-state index in [1.54, 1.807) is 18.3 Å². The second kappa shape index (κ2) is 3.28. The molecule has 0 aliphatic carbocycles. The van der Waals surface area contributed by atoms with E-state index >= 15 is 0 Å². The highest BCUT2D eigenvalue weighted by atomic mass is 19.1. The lowest BCUT2D eigenvalue weighted by molar-refractivity contribution is 0.599. The van der Waals surface area contributed by atoms with E-state index in [9.17, 15) is 4.39 Å². The van der Waals surface area contributed by atoms with Crippen molar-refractivity contribution in [3.8, 4) is 0 Å². The van der Waals surface area contributed by atoms with Crippen LogP contribution in [0.25, 0.3) is 0 Å². The van der Waals surface area contributed by atoms with Crippen LogP contribution in [0.3, 0.4) is 0 Å². The maximum atomic E-state index is 12.9. The average molecular weight is 151 g/mol. The lowest BCUT2D eigenvalue weighted by atomic mass is 10.0. The van der Waals surface area contributed by atoms with E-state index in [4.69, 9.17) is 0 Å². The molecule has 0 unspecified atom stereocenters. The zero-order chi connectivity index (χ0) is 8.27. The number of hydrogen-bond acceptors (Lipinski definition) is 1. The third-order valence-corrected chi connectivity index (χ3v) is 1.65. The van der Waals surface area contributed by atoms with Crippen LogP contribution in [-0.2, 0) is 0 Å². The first-order valence-corrected chi connectivity index (χ1v) is 3.47. The molecule has 0 aromatic carbocycles. The van der Waals surface area contributed by atoms with E-state index in [1.165, 1.54) is 6.20 Å². The number of pyridine rings is 1. The van der Waals surface area contributed by atoms with Crippen LogP contribution in [0.1, 0.15) is 18.4 Å². The highest BCUT2D eigenvalue weighted by Gasteiger charge is 2.05. The molecule has 2 heteroatoms. The minimum atomic E-state index is -0.264. The Balaban J connectivity index is 3.02. The van der Waals surface area contributed by atoms with Crippen molar-refractivity contribution in [3.05, 3.63) is 42.5 Å². The molecule has 0 N–H and O–H groups in total. The molecule has 0 fully saturated rings. The van der Waals surface area contributed by atoms with Crippen molar-refractivity contribution < 1.29 is 4.39 Å². The second-order valence-corrected chi connectivity index (χ2v) is 2.42. The fourth-order valence-electron chi connectivity index (χ4n) is 0.882. The van der Waals surface area contributed by atoms with Gasteiger partial charge in [0.1, 0.15) is 5.82 Å². The molecular weight excluding hydrogens is 141 g/mol. The van der Waals surface area contributed by atoms with Crippen molar-refractivity contribution in [2.24, 2.45) is 0 Å². The van der Waals surface area contributed by atoms with Gasteiger partial charge in [-0.15, -0.1) is 6.58 Å². The van der Waals surface area contributed by atoms with Gasteiger partial charge in [0.15, 0.2) is 0 Å². The molecule has 0 aliphatic rings. The van der Waals surface area contributed by atoms with Crippen LogP contribution in [-0.4, -0.2) is 4.98 Å². The van der Waals surface area contributed by atoms with E-state index in [2.05, 4.69) is 11.6 Å². The van der Waals surface area contributed by atoms with Crippen molar-refractivity contribution in [3.63, 3.8) is 0 Å². The zero-order valence-corrected chi connectivity index (χ0v) is 6.42. The third-order valence-electron chi connectivity index (χ3n) is 1.65. The van der Waals surface area contributed by atoms with Gasteiger partial charge in [-0.1, -0.05) is 13.0 Å². The first-order valence-electron chi connectivity index (χ1n) is 3.47. The Morgan fingerprint density at radius 3 is 3.00 bits per heavy atom. The number of nitrogens with zero attached hydrogens (tertiary/aromatic N) is 1. The minimum absolute atomic E-state index is 0.0537. The van der Waals surface area contributed by atoms with Gasteiger partial charge in [-0.25, -0.2) is 4.39 Å². The fraction of sp³-hybridized carbons (Fsp3) is 0.222. The maximum absolute atomic E-state index is 12.9. The molecule has 1 rings (SSSR count). The first-order chi connectivity index (χ1) is 5.25. The molecule has 11 heavy (non-hydrogen) atoms. The van der Waals surface area contributed by atoms with Gasteiger partial charge in [0, 0.05) is 12.1 Å². The molecule has 1 aromatic heterocycles. The Bertz CT molecular complexity index is 257. The predicted molar refractivity (Wildman–Crippen MR) is 42.8 cm³/mol. The molecule has 0 amide bonds. The molecule has 1 nitrogen and oxygen atoms in total. The van der Waals surface area contributed by atoms with E-state index in [0.717, 1.165) is 0 Å². The summed E-state index contributed by atoms with van der Waals surface area (Å²) in [5.41, 5.74) is 0.648. The predicted octanol–water partition coefficient (Wildman–Crippen LogP) is 2.51. The smallest absolute Gasteiger partial charge is 0.145 e. The standard InChI is InChI=1S/C9H10FN/c1-3-7(2)8-4-5-11-6-9(8)10/h3-7H,1H2,2H3/t7-/m1/s1. The maximum Gasteiger partial charge on any atom is 0.145 e. The first kappa shape index (κ1) is 7.92. The van der Waals surface area contributed by atoms with Crippen LogP contribution in [0.4, 0.5) is 4.39 Å². The Labute approximate surface area is 65.6 Å². The number of rotatable bonds is 2. The van der Waals surface area contributed by atoms with Gasteiger partial charge < -0.3 is 0 Å². The summed E-state index contributed by atoms with van der Waals surface area (Å²) >= 11 is 0. The van der Waals surface area contributed by atoms with Gasteiger partial charge >= 0.3 is 0 Å². The summed E-state index contributed by atoms with van der Waals surface area (Å²) in [5.74, 6) is -0.210. The van der Waals surface area contributed by atoms with Crippen LogP contribution in [0.2, 0.25) is 0 Å². The van der Waals surface area contributed by atoms with Crippen LogP contribution in [0.15, 0.2) is 31.1 Å². The Morgan fingerprint density at radius 1 is 1.73 bits per heavy atom. The number of hydrogen-bond donors (Lipinski definition) is 0. The molecule has 0 saturated heterocycles. The van der Waals surface area contributed by atoms with Crippen molar-refractivity contribution in [1.29, 1.82) is 0 Å². The van der Waals surface area contributed by atoms with E-state index in [1.807, 2.05) is 6.92 Å². The molecule has 58 valence electrons. The molecule has 1 heterocycles. The molecule has 0 aliphatic heterocycles. The van der Waals surface area contributed by atoms with Gasteiger partial charge in [0.05, 0.1) is 6.20 Å². The van der Waals surface area contributed by atoms with E-state index < -0.39 is 0 Å². The highest BCUT2D eigenvalue weighted by molar-refractivity contribution is 5.20. The Morgan fingerprint density at radius 2 is 2.45 bits per heavy atom. The van der Waals surface area contributed by atoms with Gasteiger partial charge in [0.2, 0.25) is 0 Å². The lowest BCUT2D eigenvalue weighted by Crippen LogP contribution is -1.93. The third kappa shape index (κ3) is 1.64. The number of halogens is 1. The number of allylic oxidation sites excluding steroid dienone is 1. The van der Waals surface area contributed by atoms with Crippen LogP contribution in [0.5, 0.6) is 0 Å². The highest BCUT2D eigenvalue weighted by Crippen LogP contribution is 2.17. The normalized spacial score (nSPS) is 12.5. The van der Waals surface area contributed by atoms with E-state index in [-0.39, 0.29) is 11.7 Å². The summed E-state index contributed by atoms with van der Waals surface area (Å²) in [6.07, 6.45) is 4.51. The molecule has 0 bridgehead atoms. The summed E-state index contributed by atoms with van der Waals surface area (Å²) < 4.78 is 12.9. The lowest BCUT2D eigenvalue weighted by Gasteiger charge is -2.05. The molecule has 0 spiro atoms. The monoisotopic (exact) mass is 151 g/mol. The summed E-state index contributed by atoms with van der Waals surface area (Å²) in [6, 6.07) is 1.67. The largest absolute Gasteiger partial charge is 0.262 e. The van der Waals surface area contributed by atoms with Gasteiger partial charge in [0.25, 0.3) is 0 Å². The Kier molecular flexibility index (Phi) is 2.36. The summed E-state index contributed by atoms with van der Waals surface area (Å²) in [4.78, 5) is 3.65. The van der Waals surface area contributed by atoms with Crippen molar-refractivity contribution in [2.75, 3.05) is 0 Å². The van der Waals surface area contributed by atoms with Crippen molar-refractivity contribution in [2.45, 2.75) is 12.8 Å². The van der Waals surface area contributed by atoms with Crippen LogP contribution < -0.4 is 0 Å². The average Bonchev–Trinajstić information content (AvgIpc) is 2.04. The second-order valence-electron chi connectivity index (χ2n) is 2.42. The minimum Gasteiger partial charge on any atom is -0.262 e. The van der Waals surface area contributed by atoms with Crippen molar-refractivity contribution >= 4 is 0 Å². The number of aromatic nitrogens is 1. The summed E-state index contributed by atoms with van der Waals surface area (Å²) in [6.45, 7) is 5.49. The quantitative estimate of drug-likeness (QED) is 0.592. The fourth-order valence-corrected chi connectivity index (χ4v) is 0.882. The summed E-state index contributed by atoms with van der Waals surface area (Å²) in [7, 11) is 0. The van der Waals surface area contributed by atoms with Crippen LogP contribution >= 0.6 is 0 Å². The Hall–Kier alpha value is -1.18.